The molecule has 2 nitrogen and oxygen atoms in total. The minimum absolute atomic E-state index is 0.129. The van der Waals surface area contributed by atoms with E-state index in [0.717, 1.165) is 23.8 Å². The summed E-state index contributed by atoms with van der Waals surface area (Å²) in [5.74, 6) is 1.36. The minimum Gasteiger partial charge on any atom is -0.466 e. The summed E-state index contributed by atoms with van der Waals surface area (Å²) in [6.45, 7) is 6.87. The maximum absolute atomic E-state index is 11.5. The van der Waals surface area contributed by atoms with Gasteiger partial charge in [-0.2, -0.15) is 0 Å². The van der Waals surface area contributed by atoms with E-state index >= 15 is 0 Å². The number of hydrogen-bond acceptors (Lipinski definition) is 2. The molecule has 0 aromatic heterocycles. The highest BCUT2D eigenvalue weighted by molar-refractivity contribution is 5.72. The fraction of sp³-hybridized carbons (Fsp3) is 0.562. The van der Waals surface area contributed by atoms with Crippen LogP contribution in [0.25, 0.3) is 0 Å². The van der Waals surface area contributed by atoms with E-state index in [2.05, 4.69) is 32.0 Å². The quantitative estimate of drug-likeness (QED) is 0.763. The van der Waals surface area contributed by atoms with Crippen molar-refractivity contribution < 1.29 is 9.53 Å². The van der Waals surface area contributed by atoms with E-state index in [1.165, 1.54) is 17.5 Å². The first-order chi connectivity index (χ1) is 8.60. The molecule has 1 atom stereocenters. The van der Waals surface area contributed by atoms with E-state index in [1.807, 2.05) is 6.92 Å². The highest BCUT2D eigenvalue weighted by atomic mass is 16.5. The van der Waals surface area contributed by atoms with E-state index in [9.17, 15) is 4.79 Å². The van der Waals surface area contributed by atoms with Gasteiger partial charge in [-0.25, -0.2) is 0 Å². The van der Waals surface area contributed by atoms with Gasteiger partial charge < -0.3 is 4.74 Å². The van der Waals surface area contributed by atoms with Crippen LogP contribution in [0.2, 0.25) is 0 Å². The van der Waals surface area contributed by atoms with Crippen LogP contribution in [0.15, 0.2) is 18.2 Å². The van der Waals surface area contributed by atoms with Gasteiger partial charge in [0.1, 0.15) is 0 Å². The Morgan fingerprint density at radius 2 is 2.06 bits per heavy atom. The summed E-state index contributed by atoms with van der Waals surface area (Å²) in [5, 5.41) is 0. The van der Waals surface area contributed by atoms with Gasteiger partial charge in [-0.1, -0.05) is 32.0 Å². The second-order valence-electron chi connectivity index (χ2n) is 5.50. The van der Waals surface area contributed by atoms with Crippen LogP contribution in [-0.4, -0.2) is 12.6 Å². The van der Waals surface area contributed by atoms with Crippen molar-refractivity contribution in [3.05, 3.63) is 34.9 Å². The monoisotopic (exact) mass is 246 g/mol. The molecule has 0 amide bonds. The third-order valence-corrected chi connectivity index (χ3v) is 3.83. The zero-order valence-corrected chi connectivity index (χ0v) is 11.5. The number of carbonyl (C=O) groups is 1. The van der Waals surface area contributed by atoms with Crippen LogP contribution >= 0.6 is 0 Å². The molecule has 0 spiro atoms. The van der Waals surface area contributed by atoms with Gasteiger partial charge in [-0.15, -0.1) is 0 Å². The number of fused-ring (bicyclic) bond motifs is 1. The zero-order chi connectivity index (χ0) is 13.1. The Labute approximate surface area is 109 Å². The van der Waals surface area contributed by atoms with Crippen molar-refractivity contribution in [2.24, 2.45) is 11.8 Å². The summed E-state index contributed by atoms with van der Waals surface area (Å²) in [6, 6.07) is 6.44. The standard InChI is InChI=1S/C16H22O2/c1-4-18-16(17)8-12-5-6-13-9-14(11(2)3)10-15(13)7-12/h5-7,11,14H,4,8-10H2,1-3H3/t14-/m1/s1. The first kappa shape index (κ1) is 13.1. The summed E-state index contributed by atoms with van der Waals surface area (Å²) in [5.41, 5.74) is 3.97. The summed E-state index contributed by atoms with van der Waals surface area (Å²) >= 11 is 0. The number of benzene rings is 1. The van der Waals surface area contributed by atoms with Crippen LogP contribution in [0.3, 0.4) is 0 Å². The molecule has 0 aliphatic heterocycles. The van der Waals surface area contributed by atoms with Crippen LogP contribution in [-0.2, 0) is 28.8 Å². The van der Waals surface area contributed by atoms with Crippen molar-refractivity contribution in [2.75, 3.05) is 6.61 Å². The molecule has 2 rings (SSSR count). The number of esters is 1. The Kier molecular flexibility index (Phi) is 4.05. The molecule has 0 bridgehead atoms. The predicted octanol–water partition coefficient (Wildman–Crippen LogP) is 3.16. The highest BCUT2D eigenvalue weighted by Crippen LogP contribution is 2.32. The molecule has 0 unspecified atom stereocenters. The summed E-state index contributed by atoms with van der Waals surface area (Å²) in [7, 11) is 0. The van der Waals surface area contributed by atoms with Crippen molar-refractivity contribution in [2.45, 2.75) is 40.0 Å². The van der Waals surface area contributed by atoms with Crippen LogP contribution in [0.4, 0.5) is 0 Å². The largest absolute Gasteiger partial charge is 0.466 e. The van der Waals surface area contributed by atoms with Crippen LogP contribution < -0.4 is 0 Å². The lowest BCUT2D eigenvalue weighted by Gasteiger charge is -2.12. The summed E-state index contributed by atoms with van der Waals surface area (Å²) in [4.78, 5) is 11.5. The fourth-order valence-electron chi connectivity index (χ4n) is 2.67. The molecular weight excluding hydrogens is 224 g/mol. The first-order valence-electron chi connectivity index (χ1n) is 6.86. The van der Waals surface area contributed by atoms with Crippen molar-refractivity contribution in [1.29, 1.82) is 0 Å². The molecule has 0 saturated heterocycles. The number of hydrogen-bond donors (Lipinski definition) is 0. The van der Waals surface area contributed by atoms with Gasteiger partial charge in [0.25, 0.3) is 0 Å². The van der Waals surface area contributed by atoms with Crippen molar-refractivity contribution in [3.63, 3.8) is 0 Å². The average molecular weight is 246 g/mol. The Bertz CT molecular complexity index is 435. The third kappa shape index (κ3) is 2.92. The van der Waals surface area contributed by atoms with Crippen LogP contribution in [0.1, 0.15) is 37.5 Å². The van der Waals surface area contributed by atoms with Crippen LogP contribution in [0.5, 0.6) is 0 Å². The number of ether oxygens (including phenoxy) is 1. The Morgan fingerprint density at radius 3 is 2.72 bits per heavy atom. The topological polar surface area (TPSA) is 26.3 Å². The normalized spacial score (nSPS) is 17.9. The maximum Gasteiger partial charge on any atom is 0.310 e. The predicted molar refractivity (Wildman–Crippen MR) is 72.5 cm³/mol. The van der Waals surface area contributed by atoms with Gasteiger partial charge in [-0.3, -0.25) is 4.79 Å². The van der Waals surface area contributed by atoms with E-state index < -0.39 is 0 Å². The van der Waals surface area contributed by atoms with E-state index in [4.69, 9.17) is 4.74 Å². The minimum atomic E-state index is -0.129. The van der Waals surface area contributed by atoms with Gasteiger partial charge in [0, 0.05) is 0 Å². The molecule has 0 saturated carbocycles. The van der Waals surface area contributed by atoms with Crippen LogP contribution in [0, 0.1) is 11.8 Å². The van der Waals surface area contributed by atoms with Gasteiger partial charge in [-0.05, 0) is 48.3 Å². The fourth-order valence-corrected chi connectivity index (χ4v) is 2.67. The molecule has 1 aliphatic carbocycles. The van der Waals surface area contributed by atoms with Gasteiger partial charge in [0.15, 0.2) is 0 Å². The second-order valence-corrected chi connectivity index (χ2v) is 5.50. The molecular formula is C16H22O2. The molecule has 98 valence electrons. The molecule has 0 fully saturated rings. The summed E-state index contributed by atoms with van der Waals surface area (Å²) in [6.07, 6.45) is 2.74. The number of carbonyl (C=O) groups excluding carboxylic acids is 1. The van der Waals surface area contributed by atoms with Crippen molar-refractivity contribution in [1.82, 2.24) is 0 Å². The molecule has 0 N–H and O–H groups in total. The average Bonchev–Trinajstić information content (AvgIpc) is 2.72. The maximum atomic E-state index is 11.5. The molecule has 2 heteroatoms. The Morgan fingerprint density at radius 1 is 1.33 bits per heavy atom. The molecule has 1 aromatic rings. The lowest BCUT2D eigenvalue weighted by molar-refractivity contribution is -0.142. The lowest BCUT2D eigenvalue weighted by atomic mass is 9.93. The van der Waals surface area contributed by atoms with Gasteiger partial charge in [0.05, 0.1) is 13.0 Å². The summed E-state index contributed by atoms with van der Waals surface area (Å²) < 4.78 is 4.99. The van der Waals surface area contributed by atoms with Gasteiger partial charge >= 0.3 is 5.97 Å². The third-order valence-electron chi connectivity index (χ3n) is 3.83. The lowest BCUT2D eigenvalue weighted by Crippen LogP contribution is -2.08. The molecule has 18 heavy (non-hydrogen) atoms. The van der Waals surface area contributed by atoms with Gasteiger partial charge in [0.2, 0.25) is 0 Å². The molecule has 1 aromatic carbocycles. The first-order valence-corrected chi connectivity index (χ1v) is 6.86. The van der Waals surface area contributed by atoms with E-state index in [-0.39, 0.29) is 5.97 Å². The van der Waals surface area contributed by atoms with Crippen molar-refractivity contribution in [3.8, 4) is 0 Å². The highest BCUT2D eigenvalue weighted by Gasteiger charge is 2.24. The second kappa shape index (κ2) is 5.55. The smallest absolute Gasteiger partial charge is 0.310 e. The van der Waals surface area contributed by atoms with E-state index in [1.54, 1.807) is 0 Å². The Balaban J connectivity index is 2.06. The molecule has 1 aliphatic rings. The molecule has 0 radical (unpaired) electrons. The zero-order valence-electron chi connectivity index (χ0n) is 11.5. The Hall–Kier alpha value is -1.31. The number of rotatable bonds is 4. The molecule has 0 heterocycles. The van der Waals surface area contributed by atoms with Crippen molar-refractivity contribution >= 4 is 5.97 Å². The van der Waals surface area contributed by atoms with E-state index in [0.29, 0.717) is 13.0 Å². The SMILES string of the molecule is CCOC(=O)Cc1ccc2c(c1)C[C@H](C(C)C)C2.